The first-order chi connectivity index (χ1) is 10.9. The fraction of sp³-hybridized carbons (Fsp3) is 0.267. The van der Waals surface area contributed by atoms with Gasteiger partial charge in [-0.05, 0) is 25.5 Å². The van der Waals surface area contributed by atoms with Crippen LogP contribution in [0.25, 0.3) is 0 Å². The second kappa shape index (κ2) is 7.48. The SMILES string of the molecule is CCc1noc(C)c1C(=O)OCC(=O)Nc1cccc(Cl)c1Cl. The number of ether oxygens (including phenoxy) is 1. The lowest BCUT2D eigenvalue weighted by molar-refractivity contribution is -0.119. The minimum atomic E-state index is -0.659. The van der Waals surface area contributed by atoms with Gasteiger partial charge in [0, 0.05) is 0 Å². The van der Waals surface area contributed by atoms with Gasteiger partial charge in [-0.1, -0.05) is 41.3 Å². The standard InChI is InChI=1S/C15H14Cl2N2O4/c1-3-10-13(8(2)23-19-10)15(21)22-7-12(20)18-11-6-4-5-9(16)14(11)17/h4-6H,3,7H2,1-2H3,(H,18,20). The zero-order valence-electron chi connectivity index (χ0n) is 12.5. The summed E-state index contributed by atoms with van der Waals surface area (Å²) in [6, 6.07) is 4.83. The Kier molecular flexibility index (Phi) is 5.63. The second-order valence-corrected chi connectivity index (χ2v) is 5.42. The van der Waals surface area contributed by atoms with Crippen molar-refractivity contribution in [1.82, 2.24) is 5.16 Å². The third kappa shape index (κ3) is 4.03. The van der Waals surface area contributed by atoms with Gasteiger partial charge in [-0.2, -0.15) is 0 Å². The number of amides is 1. The van der Waals surface area contributed by atoms with Crippen LogP contribution in [0.15, 0.2) is 22.7 Å². The number of nitrogens with one attached hydrogen (secondary N) is 1. The Hall–Kier alpha value is -2.05. The van der Waals surface area contributed by atoms with Crippen molar-refractivity contribution in [2.24, 2.45) is 0 Å². The summed E-state index contributed by atoms with van der Waals surface area (Å²) in [5, 5.41) is 6.82. The molecule has 0 saturated heterocycles. The van der Waals surface area contributed by atoms with Gasteiger partial charge in [0.25, 0.3) is 5.91 Å². The van der Waals surface area contributed by atoms with Crippen LogP contribution in [-0.2, 0) is 16.0 Å². The predicted octanol–water partition coefficient (Wildman–Crippen LogP) is 3.65. The van der Waals surface area contributed by atoms with E-state index in [2.05, 4.69) is 10.5 Å². The van der Waals surface area contributed by atoms with Crippen LogP contribution < -0.4 is 5.32 Å². The number of halogens is 2. The van der Waals surface area contributed by atoms with E-state index < -0.39 is 18.5 Å². The molecule has 0 bridgehead atoms. The molecule has 0 fully saturated rings. The second-order valence-electron chi connectivity index (χ2n) is 4.64. The Morgan fingerprint density at radius 2 is 2.09 bits per heavy atom. The largest absolute Gasteiger partial charge is 0.452 e. The molecule has 8 heteroatoms. The predicted molar refractivity (Wildman–Crippen MR) is 86.0 cm³/mol. The van der Waals surface area contributed by atoms with Crippen molar-refractivity contribution < 1.29 is 18.8 Å². The number of carbonyl (C=O) groups excluding carboxylic acids is 2. The van der Waals surface area contributed by atoms with Gasteiger partial charge < -0.3 is 14.6 Å². The van der Waals surface area contributed by atoms with Gasteiger partial charge in [0.05, 0.1) is 21.4 Å². The van der Waals surface area contributed by atoms with E-state index in [1.54, 1.807) is 25.1 Å². The first-order valence-corrected chi connectivity index (χ1v) is 7.55. The molecule has 1 amide bonds. The summed E-state index contributed by atoms with van der Waals surface area (Å²) in [5.41, 5.74) is 1.09. The van der Waals surface area contributed by atoms with E-state index in [9.17, 15) is 9.59 Å². The Morgan fingerprint density at radius 3 is 2.78 bits per heavy atom. The van der Waals surface area contributed by atoms with E-state index >= 15 is 0 Å². The van der Waals surface area contributed by atoms with Crippen LogP contribution in [0, 0.1) is 6.92 Å². The molecule has 0 atom stereocenters. The highest BCUT2D eigenvalue weighted by molar-refractivity contribution is 6.44. The summed E-state index contributed by atoms with van der Waals surface area (Å²) in [7, 11) is 0. The molecular weight excluding hydrogens is 343 g/mol. The Morgan fingerprint density at radius 1 is 1.35 bits per heavy atom. The zero-order chi connectivity index (χ0) is 17.0. The molecule has 1 N–H and O–H groups in total. The van der Waals surface area contributed by atoms with Crippen molar-refractivity contribution in [3.63, 3.8) is 0 Å². The third-order valence-electron chi connectivity index (χ3n) is 3.03. The monoisotopic (exact) mass is 356 g/mol. The van der Waals surface area contributed by atoms with E-state index in [0.717, 1.165) is 0 Å². The van der Waals surface area contributed by atoms with Crippen molar-refractivity contribution >= 4 is 40.8 Å². The molecule has 0 saturated carbocycles. The molecule has 0 radical (unpaired) electrons. The molecule has 122 valence electrons. The third-order valence-corrected chi connectivity index (χ3v) is 3.85. The minimum Gasteiger partial charge on any atom is -0.452 e. The maximum Gasteiger partial charge on any atom is 0.344 e. The number of carbonyl (C=O) groups is 2. The van der Waals surface area contributed by atoms with Gasteiger partial charge in [-0.3, -0.25) is 4.79 Å². The van der Waals surface area contributed by atoms with Crippen LogP contribution in [0.2, 0.25) is 10.0 Å². The van der Waals surface area contributed by atoms with Gasteiger partial charge in [0.2, 0.25) is 0 Å². The Bertz CT molecular complexity index is 743. The summed E-state index contributed by atoms with van der Waals surface area (Å²) in [5.74, 6) is -0.840. The molecule has 1 aromatic heterocycles. The van der Waals surface area contributed by atoms with Crippen molar-refractivity contribution in [2.45, 2.75) is 20.3 Å². The first kappa shape index (κ1) is 17.3. The molecule has 23 heavy (non-hydrogen) atoms. The number of nitrogens with zero attached hydrogens (tertiary/aromatic N) is 1. The maximum absolute atomic E-state index is 12.0. The molecule has 6 nitrogen and oxygen atoms in total. The lowest BCUT2D eigenvalue weighted by atomic mass is 10.1. The van der Waals surface area contributed by atoms with Crippen molar-refractivity contribution in [1.29, 1.82) is 0 Å². The number of hydrogen-bond acceptors (Lipinski definition) is 5. The smallest absolute Gasteiger partial charge is 0.344 e. The van der Waals surface area contributed by atoms with E-state index in [1.807, 2.05) is 6.92 Å². The van der Waals surface area contributed by atoms with Crippen LogP contribution in [0.4, 0.5) is 5.69 Å². The molecule has 1 heterocycles. The lowest BCUT2D eigenvalue weighted by Gasteiger charge is -2.08. The van der Waals surface area contributed by atoms with E-state index in [-0.39, 0.29) is 10.6 Å². The number of benzene rings is 1. The summed E-state index contributed by atoms with van der Waals surface area (Å²) >= 11 is 11.8. The first-order valence-electron chi connectivity index (χ1n) is 6.80. The number of esters is 1. The molecule has 2 rings (SSSR count). The normalized spacial score (nSPS) is 10.4. The molecule has 0 spiro atoms. The number of anilines is 1. The Balaban J connectivity index is 1.98. The zero-order valence-corrected chi connectivity index (χ0v) is 14.0. The van der Waals surface area contributed by atoms with Gasteiger partial charge in [0.15, 0.2) is 6.61 Å². The summed E-state index contributed by atoms with van der Waals surface area (Å²) in [6.45, 7) is 2.98. The van der Waals surface area contributed by atoms with Crippen LogP contribution in [-0.4, -0.2) is 23.6 Å². The van der Waals surface area contributed by atoms with Crippen LogP contribution >= 0.6 is 23.2 Å². The van der Waals surface area contributed by atoms with Crippen molar-refractivity contribution in [3.8, 4) is 0 Å². The highest BCUT2D eigenvalue weighted by Gasteiger charge is 2.21. The van der Waals surface area contributed by atoms with E-state index in [4.69, 9.17) is 32.5 Å². The fourth-order valence-electron chi connectivity index (χ4n) is 1.91. The average Bonchev–Trinajstić information content (AvgIpc) is 2.90. The number of rotatable bonds is 5. The molecule has 0 aliphatic carbocycles. The van der Waals surface area contributed by atoms with Crippen molar-refractivity contribution in [3.05, 3.63) is 45.3 Å². The van der Waals surface area contributed by atoms with Crippen molar-refractivity contribution in [2.75, 3.05) is 11.9 Å². The summed E-state index contributed by atoms with van der Waals surface area (Å²) in [6.07, 6.45) is 0.520. The quantitative estimate of drug-likeness (QED) is 0.826. The number of aryl methyl sites for hydroxylation is 2. The molecule has 0 unspecified atom stereocenters. The maximum atomic E-state index is 12.0. The average molecular weight is 357 g/mol. The van der Waals surface area contributed by atoms with Crippen LogP contribution in [0.3, 0.4) is 0 Å². The van der Waals surface area contributed by atoms with Crippen LogP contribution in [0.5, 0.6) is 0 Å². The minimum absolute atomic E-state index is 0.219. The van der Waals surface area contributed by atoms with Gasteiger partial charge in [0.1, 0.15) is 11.3 Å². The van der Waals surface area contributed by atoms with E-state index in [0.29, 0.717) is 28.6 Å². The van der Waals surface area contributed by atoms with Gasteiger partial charge in [-0.25, -0.2) is 4.79 Å². The summed E-state index contributed by atoms with van der Waals surface area (Å²) < 4.78 is 9.94. The highest BCUT2D eigenvalue weighted by Crippen LogP contribution is 2.29. The lowest BCUT2D eigenvalue weighted by Crippen LogP contribution is -2.21. The fourth-order valence-corrected chi connectivity index (χ4v) is 2.26. The molecule has 1 aromatic carbocycles. The molecule has 0 aliphatic rings. The summed E-state index contributed by atoms with van der Waals surface area (Å²) in [4.78, 5) is 23.9. The molecule has 2 aromatic rings. The van der Waals surface area contributed by atoms with Crippen LogP contribution in [0.1, 0.15) is 28.7 Å². The number of aromatic nitrogens is 1. The topological polar surface area (TPSA) is 81.4 Å². The van der Waals surface area contributed by atoms with Gasteiger partial charge in [-0.15, -0.1) is 0 Å². The number of hydrogen-bond donors (Lipinski definition) is 1. The Labute approximate surface area is 142 Å². The van der Waals surface area contributed by atoms with Gasteiger partial charge >= 0.3 is 5.97 Å². The molecule has 0 aliphatic heterocycles. The molecular formula is C15H14Cl2N2O4. The van der Waals surface area contributed by atoms with E-state index in [1.165, 1.54) is 0 Å². The highest BCUT2D eigenvalue weighted by atomic mass is 35.5.